The zero-order valence-electron chi connectivity index (χ0n) is 11.1. The molecule has 1 aliphatic rings. The van der Waals surface area contributed by atoms with Crippen LogP contribution >= 0.6 is 0 Å². The predicted octanol–water partition coefficient (Wildman–Crippen LogP) is 1.37. The van der Waals surface area contributed by atoms with Crippen molar-refractivity contribution in [3.05, 3.63) is 34.9 Å². The van der Waals surface area contributed by atoms with Gasteiger partial charge in [0.2, 0.25) is 0 Å². The Morgan fingerprint density at radius 2 is 2.18 bits per heavy atom. The molecule has 0 saturated carbocycles. The molecule has 0 spiro atoms. The lowest BCUT2D eigenvalue weighted by Crippen LogP contribution is -2.33. The molecule has 0 aliphatic carbocycles. The molecule has 0 bridgehead atoms. The summed E-state index contributed by atoms with van der Waals surface area (Å²) in [5.41, 5.74) is 10.3. The zero-order valence-corrected chi connectivity index (χ0v) is 11.1. The average molecular weight is 233 g/mol. The van der Waals surface area contributed by atoms with Crippen molar-refractivity contribution in [2.24, 2.45) is 5.73 Å². The molecule has 0 saturated heterocycles. The Kier molecular flexibility index (Phi) is 3.82. The van der Waals surface area contributed by atoms with Crippen LogP contribution in [0.15, 0.2) is 18.2 Å². The Bertz CT molecular complexity index is 387. The van der Waals surface area contributed by atoms with E-state index >= 15 is 0 Å². The topological polar surface area (TPSA) is 32.5 Å². The summed E-state index contributed by atoms with van der Waals surface area (Å²) >= 11 is 0. The number of aryl methyl sites for hydroxylation is 1. The molecule has 3 nitrogen and oxygen atoms in total. The lowest BCUT2D eigenvalue weighted by Gasteiger charge is -2.25. The molecular weight excluding hydrogens is 210 g/mol. The Morgan fingerprint density at radius 3 is 2.82 bits per heavy atom. The Hall–Kier alpha value is -0.900. The number of hydrogen-bond donors (Lipinski definition) is 1. The molecule has 2 rings (SSSR count). The van der Waals surface area contributed by atoms with Gasteiger partial charge in [-0.2, -0.15) is 0 Å². The largest absolute Gasteiger partial charge is 0.329 e. The lowest BCUT2D eigenvalue weighted by atomic mass is 10.0. The van der Waals surface area contributed by atoms with Crippen molar-refractivity contribution in [2.45, 2.75) is 19.5 Å². The fourth-order valence-corrected chi connectivity index (χ4v) is 2.60. The third-order valence-electron chi connectivity index (χ3n) is 3.67. The van der Waals surface area contributed by atoms with Crippen molar-refractivity contribution in [2.75, 3.05) is 33.7 Å². The predicted molar refractivity (Wildman–Crippen MR) is 71.9 cm³/mol. The Labute approximate surface area is 104 Å². The van der Waals surface area contributed by atoms with Gasteiger partial charge in [-0.05, 0) is 37.7 Å². The minimum atomic E-state index is 0.407. The first kappa shape index (κ1) is 12.6. The summed E-state index contributed by atoms with van der Waals surface area (Å²) < 4.78 is 0. The number of nitrogens with two attached hydrogens (primary N) is 1. The molecule has 94 valence electrons. The van der Waals surface area contributed by atoms with Crippen LogP contribution in [0.2, 0.25) is 0 Å². The van der Waals surface area contributed by atoms with Crippen molar-refractivity contribution >= 4 is 0 Å². The zero-order chi connectivity index (χ0) is 12.4. The van der Waals surface area contributed by atoms with Gasteiger partial charge < -0.3 is 10.6 Å². The number of likely N-dealkylation sites (N-methyl/N-ethyl adjacent to an activating group) is 1. The van der Waals surface area contributed by atoms with E-state index in [0.29, 0.717) is 12.6 Å². The second-order valence-corrected chi connectivity index (χ2v) is 5.17. The molecule has 1 atom stereocenters. The van der Waals surface area contributed by atoms with E-state index in [1.54, 1.807) is 0 Å². The van der Waals surface area contributed by atoms with E-state index in [0.717, 1.165) is 19.6 Å². The molecule has 0 aromatic heterocycles. The first-order valence-corrected chi connectivity index (χ1v) is 6.30. The van der Waals surface area contributed by atoms with Crippen molar-refractivity contribution in [3.8, 4) is 0 Å². The highest BCUT2D eigenvalue weighted by Crippen LogP contribution is 2.34. The molecule has 17 heavy (non-hydrogen) atoms. The second kappa shape index (κ2) is 5.17. The van der Waals surface area contributed by atoms with Crippen molar-refractivity contribution < 1.29 is 0 Å². The number of fused-ring (bicyclic) bond motifs is 1. The third-order valence-corrected chi connectivity index (χ3v) is 3.67. The van der Waals surface area contributed by atoms with Crippen LogP contribution in [0.3, 0.4) is 0 Å². The summed E-state index contributed by atoms with van der Waals surface area (Å²) in [6.07, 6.45) is 0. The van der Waals surface area contributed by atoms with E-state index in [1.807, 2.05) is 0 Å². The van der Waals surface area contributed by atoms with E-state index in [1.165, 1.54) is 16.7 Å². The van der Waals surface area contributed by atoms with Gasteiger partial charge in [0.25, 0.3) is 0 Å². The normalized spacial score (nSPS) is 19.9. The molecule has 0 amide bonds. The van der Waals surface area contributed by atoms with Gasteiger partial charge in [0.1, 0.15) is 0 Å². The molecular formula is C14H23N3. The fourth-order valence-electron chi connectivity index (χ4n) is 2.60. The number of benzene rings is 1. The SMILES string of the molecule is Cc1cccc2c1CN(CCN(C)C)C2CN. The van der Waals surface area contributed by atoms with Crippen LogP contribution in [0.25, 0.3) is 0 Å². The van der Waals surface area contributed by atoms with Gasteiger partial charge in [0.05, 0.1) is 0 Å². The van der Waals surface area contributed by atoms with Crippen LogP contribution in [0, 0.1) is 6.92 Å². The molecule has 1 aromatic rings. The summed E-state index contributed by atoms with van der Waals surface area (Å²) in [6, 6.07) is 6.98. The molecule has 0 radical (unpaired) electrons. The van der Waals surface area contributed by atoms with Crippen molar-refractivity contribution in [3.63, 3.8) is 0 Å². The average Bonchev–Trinajstić information content (AvgIpc) is 2.65. The summed E-state index contributed by atoms with van der Waals surface area (Å²) in [7, 11) is 4.23. The summed E-state index contributed by atoms with van der Waals surface area (Å²) in [6.45, 7) is 6.13. The monoisotopic (exact) mass is 233 g/mol. The second-order valence-electron chi connectivity index (χ2n) is 5.17. The molecule has 1 aromatic carbocycles. The van der Waals surface area contributed by atoms with Crippen LogP contribution in [0.5, 0.6) is 0 Å². The first-order chi connectivity index (χ1) is 8.13. The maximum absolute atomic E-state index is 5.94. The highest BCUT2D eigenvalue weighted by atomic mass is 15.2. The van der Waals surface area contributed by atoms with Crippen LogP contribution in [0.1, 0.15) is 22.7 Å². The quantitative estimate of drug-likeness (QED) is 0.852. The highest BCUT2D eigenvalue weighted by Gasteiger charge is 2.29. The van der Waals surface area contributed by atoms with Crippen LogP contribution < -0.4 is 5.73 Å². The highest BCUT2D eigenvalue weighted by molar-refractivity contribution is 5.40. The Balaban J connectivity index is 2.16. The van der Waals surface area contributed by atoms with Gasteiger partial charge in [-0.3, -0.25) is 4.90 Å². The molecule has 1 heterocycles. The third kappa shape index (κ3) is 2.51. The van der Waals surface area contributed by atoms with Crippen molar-refractivity contribution in [1.29, 1.82) is 0 Å². The van der Waals surface area contributed by atoms with Gasteiger partial charge in [0, 0.05) is 32.2 Å². The molecule has 3 heteroatoms. The van der Waals surface area contributed by atoms with Gasteiger partial charge in [-0.1, -0.05) is 18.2 Å². The summed E-state index contributed by atoms with van der Waals surface area (Å²) in [5.74, 6) is 0. The maximum Gasteiger partial charge on any atom is 0.0477 e. The number of nitrogens with zero attached hydrogens (tertiary/aromatic N) is 2. The van der Waals surface area contributed by atoms with E-state index in [4.69, 9.17) is 5.73 Å². The van der Waals surface area contributed by atoms with E-state index < -0.39 is 0 Å². The van der Waals surface area contributed by atoms with E-state index in [-0.39, 0.29) is 0 Å². The van der Waals surface area contributed by atoms with Crippen LogP contribution in [-0.4, -0.2) is 43.5 Å². The lowest BCUT2D eigenvalue weighted by molar-refractivity contribution is 0.197. The number of rotatable bonds is 4. The summed E-state index contributed by atoms with van der Waals surface area (Å²) in [4.78, 5) is 4.72. The van der Waals surface area contributed by atoms with E-state index in [2.05, 4.69) is 49.0 Å². The molecule has 0 fully saturated rings. The smallest absolute Gasteiger partial charge is 0.0477 e. The minimum Gasteiger partial charge on any atom is -0.329 e. The standard InChI is InChI=1S/C14H23N3/c1-11-5-4-6-12-13(11)10-17(14(12)9-15)8-7-16(2)3/h4-6,14H,7-10,15H2,1-3H3. The molecule has 2 N–H and O–H groups in total. The maximum atomic E-state index is 5.94. The Morgan fingerprint density at radius 1 is 1.41 bits per heavy atom. The number of hydrogen-bond acceptors (Lipinski definition) is 3. The van der Waals surface area contributed by atoms with Gasteiger partial charge >= 0.3 is 0 Å². The fraction of sp³-hybridized carbons (Fsp3) is 0.571. The molecule has 1 unspecified atom stereocenters. The van der Waals surface area contributed by atoms with Crippen LogP contribution in [-0.2, 0) is 6.54 Å². The van der Waals surface area contributed by atoms with Crippen molar-refractivity contribution in [1.82, 2.24) is 9.80 Å². The minimum absolute atomic E-state index is 0.407. The van der Waals surface area contributed by atoms with Gasteiger partial charge in [-0.25, -0.2) is 0 Å². The van der Waals surface area contributed by atoms with E-state index in [9.17, 15) is 0 Å². The van der Waals surface area contributed by atoms with Gasteiger partial charge in [0.15, 0.2) is 0 Å². The van der Waals surface area contributed by atoms with Crippen LogP contribution in [0.4, 0.5) is 0 Å². The first-order valence-electron chi connectivity index (χ1n) is 6.30. The van der Waals surface area contributed by atoms with Gasteiger partial charge in [-0.15, -0.1) is 0 Å². The summed E-state index contributed by atoms with van der Waals surface area (Å²) in [5, 5.41) is 0. The molecule has 1 aliphatic heterocycles.